The van der Waals surface area contributed by atoms with Gasteiger partial charge in [0.2, 0.25) is 0 Å². The summed E-state index contributed by atoms with van der Waals surface area (Å²) in [5.74, 6) is -0.258. The molecule has 0 aliphatic heterocycles. The van der Waals surface area contributed by atoms with Crippen LogP contribution in [-0.4, -0.2) is 53.9 Å². The smallest absolute Gasteiger partial charge is 0.265 e. The lowest BCUT2D eigenvalue weighted by Crippen LogP contribution is -2.37. The Morgan fingerprint density at radius 2 is 1.83 bits per heavy atom. The van der Waals surface area contributed by atoms with Crippen LogP contribution in [0.15, 0.2) is 24.3 Å². The molecule has 0 radical (unpaired) electrons. The van der Waals surface area contributed by atoms with E-state index in [4.69, 9.17) is 0 Å². The van der Waals surface area contributed by atoms with Gasteiger partial charge in [0.05, 0.1) is 5.69 Å². The van der Waals surface area contributed by atoms with Gasteiger partial charge < -0.3 is 9.80 Å². The Bertz CT molecular complexity index is 684. The first kappa shape index (κ1) is 18.5. The van der Waals surface area contributed by atoms with E-state index in [1.165, 1.54) is 23.5 Å². The number of nitrogens with zero attached hydrogens (tertiary/aromatic N) is 3. The highest BCUT2D eigenvalue weighted by Gasteiger charge is 2.21. The summed E-state index contributed by atoms with van der Waals surface area (Å²) in [6.07, 6.45) is 0. The van der Waals surface area contributed by atoms with Crippen LogP contribution < -0.4 is 0 Å². The molecule has 0 N–H and O–H groups in total. The largest absolute Gasteiger partial charge is 0.337 e. The lowest BCUT2D eigenvalue weighted by Gasteiger charge is -2.23. The predicted octanol–water partition coefficient (Wildman–Crippen LogP) is 3.67. The molecule has 0 aliphatic carbocycles. The van der Waals surface area contributed by atoms with Gasteiger partial charge in [-0.15, -0.1) is 11.3 Å². The highest BCUT2D eigenvalue weighted by molar-refractivity contribution is 7.17. The summed E-state index contributed by atoms with van der Waals surface area (Å²) in [5, 5.41) is 0.748. The molecule has 0 atom stereocenters. The number of carbonyl (C=O) groups excluding carboxylic acids is 1. The van der Waals surface area contributed by atoms with Crippen molar-refractivity contribution in [1.29, 1.82) is 0 Å². The van der Waals surface area contributed by atoms with Crippen molar-refractivity contribution in [1.82, 2.24) is 14.8 Å². The minimum Gasteiger partial charge on any atom is -0.337 e. The highest BCUT2D eigenvalue weighted by Crippen LogP contribution is 2.29. The molecule has 1 aromatic heterocycles. The van der Waals surface area contributed by atoms with Crippen LogP contribution in [0.25, 0.3) is 10.6 Å². The average Bonchev–Trinajstić information content (AvgIpc) is 2.97. The molecule has 0 saturated carbocycles. The van der Waals surface area contributed by atoms with Crippen LogP contribution in [0, 0.1) is 12.7 Å². The minimum absolute atomic E-state index is 0.0189. The van der Waals surface area contributed by atoms with E-state index in [-0.39, 0.29) is 11.7 Å². The molecule has 4 nitrogen and oxygen atoms in total. The van der Waals surface area contributed by atoms with Crippen molar-refractivity contribution >= 4 is 17.2 Å². The number of hydrogen-bond donors (Lipinski definition) is 0. The standard InChI is InChI=1S/C18H24FN3OS/c1-5-21(4)11-12-22(6-2)18(23)16-13(3)20-17(24-16)14-7-9-15(19)10-8-14/h7-10H,5-6,11-12H2,1-4H3. The molecular formula is C18H24FN3OS. The summed E-state index contributed by atoms with van der Waals surface area (Å²) in [4.78, 5) is 22.0. The summed E-state index contributed by atoms with van der Waals surface area (Å²) in [6, 6.07) is 6.20. The van der Waals surface area contributed by atoms with Gasteiger partial charge in [0, 0.05) is 25.2 Å². The predicted molar refractivity (Wildman–Crippen MR) is 97.0 cm³/mol. The Morgan fingerprint density at radius 3 is 2.42 bits per heavy atom. The van der Waals surface area contributed by atoms with Gasteiger partial charge >= 0.3 is 0 Å². The van der Waals surface area contributed by atoms with E-state index in [2.05, 4.69) is 16.8 Å². The van der Waals surface area contributed by atoms with Gasteiger partial charge in [0.1, 0.15) is 15.7 Å². The summed E-state index contributed by atoms with van der Waals surface area (Å²) in [5.41, 5.74) is 1.56. The van der Waals surface area contributed by atoms with Gasteiger partial charge in [-0.05, 0) is 51.7 Å². The van der Waals surface area contributed by atoms with Gasteiger partial charge in [-0.2, -0.15) is 0 Å². The van der Waals surface area contributed by atoms with Crippen LogP contribution in [-0.2, 0) is 0 Å². The van der Waals surface area contributed by atoms with Crippen molar-refractivity contribution in [3.63, 3.8) is 0 Å². The van der Waals surface area contributed by atoms with Crippen molar-refractivity contribution in [2.45, 2.75) is 20.8 Å². The molecule has 2 rings (SSSR count). The third-order valence-electron chi connectivity index (χ3n) is 4.04. The summed E-state index contributed by atoms with van der Waals surface area (Å²) < 4.78 is 13.1. The average molecular weight is 349 g/mol. The van der Waals surface area contributed by atoms with Crippen molar-refractivity contribution in [2.24, 2.45) is 0 Å². The number of aryl methyl sites for hydroxylation is 1. The van der Waals surface area contributed by atoms with Crippen molar-refractivity contribution < 1.29 is 9.18 Å². The lowest BCUT2D eigenvalue weighted by atomic mass is 10.2. The number of likely N-dealkylation sites (N-methyl/N-ethyl adjacent to an activating group) is 2. The van der Waals surface area contributed by atoms with E-state index >= 15 is 0 Å². The molecule has 0 bridgehead atoms. The summed E-state index contributed by atoms with van der Waals surface area (Å²) in [6.45, 7) is 9.10. The van der Waals surface area contributed by atoms with Gasteiger partial charge in [-0.3, -0.25) is 4.79 Å². The van der Waals surface area contributed by atoms with E-state index in [0.29, 0.717) is 18.0 Å². The first-order valence-electron chi connectivity index (χ1n) is 8.17. The molecule has 0 unspecified atom stereocenters. The van der Waals surface area contributed by atoms with Gasteiger partial charge in [0.15, 0.2) is 0 Å². The number of thiazole rings is 1. The van der Waals surface area contributed by atoms with Crippen LogP contribution >= 0.6 is 11.3 Å². The molecule has 2 aromatic rings. The number of amides is 1. The van der Waals surface area contributed by atoms with E-state index in [0.717, 1.165) is 29.4 Å². The molecule has 1 heterocycles. The van der Waals surface area contributed by atoms with Crippen LogP contribution in [0.5, 0.6) is 0 Å². The Balaban J connectivity index is 2.18. The second-order valence-corrected chi connectivity index (χ2v) is 6.72. The molecule has 130 valence electrons. The fraction of sp³-hybridized carbons (Fsp3) is 0.444. The molecule has 0 aliphatic rings. The third-order valence-corrected chi connectivity index (χ3v) is 5.24. The Hall–Kier alpha value is -1.79. The number of carbonyl (C=O) groups is 1. The first-order valence-corrected chi connectivity index (χ1v) is 8.99. The minimum atomic E-state index is -0.277. The normalized spacial score (nSPS) is 11.1. The number of hydrogen-bond acceptors (Lipinski definition) is 4. The van der Waals surface area contributed by atoms with Crippen LogP contribution in [0.1, 0.15) is 29.2 Å². The molecule has 24 heavy (non-hydrogen) atoms. The fourth-order valence-electron chi connectivity index (χ4n) is 2.31. The molecule has 6 heteroatoms. The molecular weight excluding hydrogens is 325 g/mol. The molecule has 0 saturated heterocycles. The highest BCUT2D eigenvalue weighted by atomic mass is 32.1. The Labute approximate surface area is 146 Å². The van der Waals surface area contributed by atoms with E-state index in [1.807, 2.05) is 25.8 Å². The van der Waals surface area contributed by atoms with Crippen LogP contribution in [0.4, 0.5) is 4.39 Å². The summed E-state index contributed by atoms with van der Waals surface area (Å²) >= 11 is 1.37. The van der Waals surface area contributed by atoms with Crippen molar-refractivity contribution in [3.8, 4) is 10.6 Å². The first-order chi connectivity index (χ1) is 11.5. The SMILES string of the molecule is CCN(C)CCN(CC)C(=O)c1sc(-c2ccc(F)cc2)nc1C. The Morgan fingerprint density at radius 1 is 1.17 bits per heavy atom. The zero-order valence-corrected chi connectivity index (χ0v) is 15.5. The quantitative estimate of drug-likeness (QED) is 0.765. The zero-order chi connectivity index (χ0) is 17.7. The second kappa shape index (κ2) is 8.35. The topological polar surface area (TPSA) is 36.4 Å². The second-order valence-electron chi connectivity index (χ2n) is 5.72. The number of aromatic nitrogens is 1. The van der Waals surface area contributed by atoms with Crippen LogP contribution in [0.2, 0.25) is 0 Å². The number of rotatable bonds is 7. The number of halogens is 1. The maximum absolute atomic E-state index is 13.1. The monoisotopic (exact) mass is 349 g/mol. The van der Waals surface area contributed by atoms with Gasteiger partial charge in [-0.1, -0.05) is 6.92 Å². The van der Waals surface area contributed by atoms with Crippen molar-refractivity contribution in [2.75, 3.05) is 33.2 Å². The fourth-order valence-corrected chi connectivity index (χ4v) is 3.35. The molecule has 1 amide bonds. The van der Waals surface area contributed by atoms with Gasteiger partial charge in [-0.25, -0.2) is 9.37 Å². The van der Waals surface area contributed by atoms with E-state index in [9.17, 15) is 9.18 Å². The maximum atomic E-state index is 13.1. The maximum Gasteiger partial charge on any atom is 0.265 e. The Kier molecular flexibility index (Phi) is 6.45. The summed E-state index contributed by atoms with van der Waals surface area (Å²) in [7, 11) is 2.04. The molecule has 1 aromatic carbocycles. The van der Waals surface area contributed by atoms with Crippen molar-refractivity contribution in [3.05, 3.63) is 40.7 Å². The molecule has 0 spiro atoms. The molecule has 0 fully saturated rings. The lowest BCUT2D eigenvalue weighted by molar-refractivity contribution is 0.0755. The van der Waals surface area contributed by atoms with E-state index in [1.54, 1.807) is 12.1 Å². The van der Waals surface area contributed by atoms with Gasteiger partial charge in [0.25, 0.3) is 5.91 Å². The third kappa shape index (κ3) is 4.39. The van der Waals surface area contributed by atoms with Crippen LogP contribution in [0.3, 0.4) is 0 Å². The number of benzene rings is 1. The zero-order valence-electron chi connectivity index (χ0n) is 14.7. The van der Waals surface area contributed by atoms with E-state index < -0.39 is 0 Å².